The van der Waals surface area contributed by atoms with Gasteiger partial charge in [0.15, 0.2) is 0 Å². The molecular weight excluding hydrogens is 590 g/mol. The molecule has 4 aromatic rings. The van der Waals surface area contributed by atoms with Crippen LogP contribution in [0.25, 0.3) is 11.0 Å². The number of rotatable bonds is 7. The molecule has 6 rings (SSSR count). The van der Waals surface area contributed by atoms with Crippen LogP contribution in [0.3, 0.4) is 0 Å². The highest BCUT2D eigenvalue weighted by Crippen LogP contribution is 2.31. The van der Waals surface area contributed by atoms with Crippen LogP contribution in [-0.2, 0) is 14.8 Å². The van der Waals surface area contributed by atoms with Crippen LogP contribution in [0.4, 0.5) is 0 Å². The van der Waals surface area contributed by atoms with E-state index < -0.39 is 21.8 Å². The maximum Gasteiger partial charge on any atom is 0.344 e. The van der Waals surface area contributed by atoms with Gasteiger partial charge in [-0.3, -0.25) is 14.3 Å². The van der Waals surface area contributed by atoms with Gasteiger partial charge in [-0.2, -0.15) is 3.97 Å². The van der Waals surface area contributed by atoms with Crippen LogP contribution in [0.15, 0.2) is 82.5 Å². The fourth-order valence-corrected chi connectivity index (χ4v) is 7.70. The predicted molar refractivity (Wildman–Crippen MR) is 165 cm³/mol. The molecule has 226 valence electrons. The second-order valence-electron chi connectivity index (χ2n) is 11.1. The van der Waals surface area contributed by atoms with Gasteiger partial charge in [-0.05, 0) is 61.5 Å². The topological polar surface area (TPSA) is 97.1 Å². The molecular formula is C31H34ClN5O5S. The number of hydrogen-bond acceptors (Lipinski definition) is 7. The number of amides is 1. The number of methoxy groups -OCH3 is 1. The van der Waals surface area contributed by atoms with E-state index in [1.165, 1.54) is 48.1 Å². The van der Waals surface area contributed by atoms with Gasteiger partial charge in [0.1, 0.15) is 11.8 Å². The summed E-state index contributed by atoms with van der Waals surface area (Å²) in [5, 5.41) is 0.316. The number of carbonyl (C=O) groups excluding carboxylic acids is 1. The number of benzene rings is 3. The van der Waals surface area contributed by atoms with E-state index in [1.807, 2.05) is 6.07 Å². The Kier molecular flexibility index (Phi) is 8.08. The molecule has 1 unspecified atom stereocenters. The van der Waals surface area contributed by atoms with Crippen molar-refractivity contribution >= 4 is 38.6 Å². The quantitative estimate of drug-likeness (QED) is 0.312. The third kappa shape index (κ3) is 5.46. The Labute approximate surface area is 255 Å². The Morgan fingerprint density at radius 3 is 2.30 bits per heavy atom. The second kappa shape index (κ2) is 11.8. The summed E-state index contributed by atoms with van der Waals surface area (Å²) in [5.41, 5.74) is 0.130. The van der Waals surface area contributed by atoms with E-state index in [-0.39, 0.29) is 27.9 Å². The van der Waals surface area contributed by atoms with Gasteiger partial charge < -0.3 is 14.5 Å². The van der Waals surface area contributed by atoms with E-state index in [0.29, 0.717) is 29.4 Å². The molecule has 0 aliphatic carbocycles. The number of imidazole rings is 1. The molecule has 0 saturated carbocycles. The Bertz CT molecular complexity index is 1800. The van der Waals surface area contributed by atoms with Crippen molar-refractivity contribution in [2.24, 2.45) is 0 Å². The summed E-state index contributed by atoms with van der Waals surface area (Å²) in [6.45, 7) is 4.95. The fraction of sp³-hybridized carbons (Fsp3) is 0.355. The first kappa shape index (κ1) is 29.4. The summed E-state index contributed by atoms with van der Waals surface area (Å²) in [4.78, 5) is 35.2. The van der Waals surface area contributed by atoms with Crippen LogP contribution < -0.4 is 10.4 Å². The Hall–Kier alpha value is -3.64. The molecule has 12 heteroatoms. The molecule has 2 atom stereocenters. The zero-order valence-electron chi connectivity index (χ0n) is 24.1. The van der Waals surface area contributed by atoms with Crippen LogP contribution in [0.2, 0.25) is 5.02 Å². The maximum absolute atomic E-state index is 14.4. The summed E-state index contributed by atoms with van der Waals surface area (Å²) in [6, 6.07) is 18.6. The molecule has 43 heavy (non-hydrogen) atoms. The van der Waals surface area contributed by atoms with Gasteiger partial charge in [0.2, 0.25) is 0 Å². The number of ether oxygens (including phenoxy) is 1. The lowest BCUT2D eigenvalue weighted by Crippen LogP contribution is -2.50. The first-order valence-electron chi connectivity index (χ1n) is 14.3. The molecule has 0 spiro atoms. The third-order valence-electron chi connectivity index (χ3n) is 8.53. The molecule has 10 nitrogen and oxygen atoms in total. The smallest absolute Gasteiger partial charge is 0.344 e. The van der Waals surface area contributed by atoms with Gasteiger partial charge in [0.05, 0.1) is 23.0 Å². The molecule has 0 bridgehead atoms. The minimum absolute atomic E-state index is 0.0819. The van der Waals surface area contributed by atoms with Crippen LogP contribution in [0, 0.1) is 0 Å². The molecule has 2 aliphatic heterocycles. The Morgan fingerprint density at radius 2 is 1.63 bits per heavy atom. The van der Waals surface area contributed by atoms with Crippen LogP contribution in [-0.4, -0.2) is 97.0 Å². The number of piperazine rings is 1. The number of likely N-dealkylation sites (N-methyl/N-ethyl adjacent to an activating group) is 1. The van der Waals surface area contributed by atoms with E-state index in [1.54, 1.807) is 35.2 Å². The van der Waals surface area contributed by atoms with Gasteiger partial charge in [-0.15, -0.1) is 0 Å². The van der Waals surface area contributed by atoms with Crippen LogP contribution in [0.5, 0.6) is 5.75 Å². The number of halogens is 1. The molecule has 1 aromatic heterocycles. The average Bonchev–Trinajstić information content (AvgIpc) is 3.62. The highest BCUT2D eigenvalue weighted by atomic mass is 35.5. The standard InChI is InChI=1S/C31H34ClN5O5S/c1-33-16-18-34(19-17-33)24-14-15-35(21-24)30(38)29(22-6-4-3-5-7-22)36-28-20-23(32)8-13-27(28)37(31(36)39)43(40,41)26-11-9-25(42-2)10-12-26/h3-13,20,24,29H,14-19,21H2,1-2H3/t24-,29?/m0/s1. The second-order valence-corrected chi connectivity index (χ2v) is 13.3. The summed E-state index contributed by atoms with van der Waals surface area (Å²) in [7, 11) is -0.754. The largest absolute Gasteiger partial charge is 0.497 e. The summed E-state index contributed by atoms with van der Waals surface area (Å²) < 4.78 is 35.2. The molecule has 3 aromatic carbocycles. The van der Waals surface area contributed by atoms with Gasteiger partial charge in [-0.1, -0.05) is 41.9 Å². The predicted octanol–water partition coefficient (Wildman–Crippen LogP) is 3.14. The van der Waals surface area contributed by atoms with E-state index in [9.17, 15) is 18.0 Å². The molecule has 2 fully saturated rings. The third-order valence-corrected chi connectivity index (χ3v) is 10.5. The number of fused-ring (bicyclic) bond motifs is 1. The highest BCUT2D eigenvalue weighted by molar-refractivity contribution is 7.90. The summed E-state index contributed by atoms with van der Waals surface area (Å²) in [5.74, 6) is 0.224. The first-order valence-corrected chi connectivity index (χ1v) is 16.1. The Morgan fingerprint density at radius 1 is 0.930 bits per heavy atom. The maximum atomic E-state index is 14.4. The number of likely N-dealkylation sites (tertiary alicyclic amines) is 1. The zero-order chi connectivity index (χ0) is 30.3. The van der Waals surface area contributed by atoms with Gasteiger partial charge in [0, 0.05) is 50.3 Å². The van der Waals surface area contributed by atoms with Gasteiger partial charge in [-0.25, -0.2) is 13.2 Å². The van der Waals surface area contributed by atoms with E-state index in [4.69, 9.17) is 16.3 Å². The van der Waals surface area contributed by atoms with Crippen molar-refractivity contribution in [2.45, 2.75) is 23.4 Å². The van der Waals surface area contributed by atoms with Gasteiger partial charge in [0.25, 0.3) is 15.9 Å². The van der Waals surface area contributed by atoms with Crippen molar-refractivity contribution in [2.75, 3.05) is 53.4 Å². The zero-order valence-corrected chi connectivity index (χ0v) is 25.7. The lowest BCUT2D eigenvalue weighted by Gasteiger charge is -2.36. The van der Waals surface area contributed by atoms with Crippen molar-refractivity contribution in [3.63, 3.8) is 0 Å². The normalized spacial score (nSPS) is 19.1. The molecule has 0 radical (unpaired) electrons. The minimum atomic E-state index is -4.35. The summed E-state index contributed by atoms with van der Waals surface area (Å²) in [6.07, 6.45) is 0.839. The lowest BCUT2D eigenvalue weighted by atomic mass is 10.0. The highest BCUT2D eigenvalue weighted by Gasteiger charge is 2.38. The Balaban J connectivity index is 1.46. The molecule has 2 saturated heterocycles. The molecule has 2 aliphatic rings. The van der Waals surface area contributed by atoms with Gasteiger partial charge >= 0.3 is 5.69 Å². The molecule has 1 amide bonds. The van der Waals surface area contributed by atoms with E-state index in [0.717, 1.165) is 36.6 Å². The minimum Gasteiger partial charge on any atom is -0.497 e. The first-order chi connectivity index (χ1) is 20.7. The number of nitrogens with zero attached hydrogens (tertiary/aromatic N) is 5. The SMILES string of the molecule is COc1ccc(S(=O)(=O)n2c(=O)n(C(C(=O)N3CC[C@H](N4CCN(C)CC4)C3)c3ccccc3)c3cc(Cl)ccc32)cc1. The van der Waals surface area contributed by atoms with Crippen molar-refractivity contribution in [3.8, 4) is 5.75 Å². The van der Waals surface area contributed by atoms with Crippen molar-refractivity contribution < 1.29 is 17.9 Å². The molecule has 0 N–H and O–H groups in total. The van der Waals surface area contributed by atoms with E-state index in [2.05, 4.69) is 16.8 Å². The molecule has 3 heterocycles. The fourth-order valence-electron chi connectivity index (χ4n) is 6.14. The number of hydrogen-bond donors (Lipinski definition) is 0. The average molecular weight is 624 g/mol. The van der Waals surface area contributed by atoms with Crippen LogP contribution in [0.1, 0.15) is 18.0 Å². The van der Waals surface area contributed by atoms with Crippen molar-refractivity contribution in [1.29, 1.82) is 0 Å². The lowest BCUT2D eigenvalue weighted by molar-refractivity contribution is -0.132. The number of carbonyl (C=O) groups is 1. The monoisotopic (exact) mass is 623 g/mol. The van der Waals surface area contributed by atoms with Crippen LogP contribution >= 0.6 is 11.6 Å². The van der Waals surface area contributed by atoms with Crippen molar-refractivity contribution in [1.82, 2.24) is 23.2 Å². The summed E-state index contributed by atoms with van der Waals surface area (Å²) >= 11 is 6.40. The van der Waals surface area contributed by atoms with E-state index >= 15 is 0 Å². The number of aromatic nitrogens is 2. The van der Waals surface area contributed by atoms with Crippen molar-refractivity contribution in [3.05, 3.63) is 93.9 Å².